The van der Waals surface area contributed by atoms with Gasteiger partial charge in [-0.2, -0.15) is 0 Å². The van der Waals surface area contributed by atoms with E-state index in [1.54, 1.807) is 56.3 Å². The summed E-state index contributed by atoms with van der Waals surface area (Å²) in [5.41, 5.74) is 0.263. The van der Waals surface area contributed by atoms with Crippen molar-refractivity contribution in [2.24, 2.45) is 0 Å². The molecule has 0 radical (unpaired) electrons. The summed E-state index contributed by atoms with van der Waals surface area (Å²) in [4.78, 5) is 54.6. The van der Waals surface area contributed by atoms with Crippen LogP contribution in [0.15, 0.2) is 72.8 Å². The minimum Gasteiger partial charge on any atom is -0.497 e. The molecule has 0 saturated carbocycles. The Morgan fingerprint density at radius 3 is 2.27 bits per heavy atom. The van der Waals surface area contributed by atoms with Crippen LogP contribution in [0.4, 0.5) is 15.8 Å². The summed E-state index contributed by atoms with van der Waals surface area (Å²) in [6, 6.07) is 18.7. The van der Waals surface area contributed by atoms with Crippen LogP contribution in [0.25, 0.3) is 0 Å². The molecule has 1 N–H and O–H groups in total. The zero-order valence-corrected chi connectivity index (χ0v) is 20.7. The highest BCUT2D eigenvalue weighted by Crippen LogP contribution is 2.29. The number of benzene rings is 3. The molecule has 1 heterocycles. The highest BCUT2D eigenvalue weighted by Gasteiger charge is 2.42. The van der Waals surface area contributed by atoms with E-state index < -0.39 is 41.4 Å². The molecular weight excluding hydrogens is 477 g/mol. The molecule has 0 spiro atoms. The lowest BCUT2D eigenvalue weighted by Gasteiger charge is -2.38. The zero-order valence-electron chi connectivity index (χ0n) is 20.7. The number of para-hydroxylation sites is 1. The Morgan fingerprint density at radius 2 is 1.62 bits per heavy atom. The Hall–Kier alpha value is -4.53. The number of halogens is 1. The first-order valence-electron chi connectivity index (χ1n) is 11.6. The van der Waals surface area contributed by atoms with Gasteiger partial charge in [-0.3, -0.25) is 24.1 Å². The SMILES string of the molecule is COc1ccc(NC(=O)C(C)(C)N(Cc2ccc(F)cc2)C(=O)CN2C(=O)C(=O)c3ccccc32)cc1. The minimum atomic E-state index is -1.39. The molecule has 0 aliphatic carbocycles. The molecular formula is C28H26FN3O5. The molecule has 3 aromatic rings. The molecule has 8 nitrogen and oxygen atoms in total. The first-order valence-corrected chi connectivity index (χ1v) is 11.6. The van der Waals surface area contributed by atoms with Crippen LogP contribution in [0.2, 0.25) is 0 Å². The van der Waals surface area contributed by atoms with Crippen LogP contribution in [0.1, 0.15) is 29.8 Å². The molecule has 4 rings (SSSR count). The van der Waals surface area contributed by atoms with Crippen molar-refractivity contribution >= 4 is 34.9 Å². The van der Waals surface area contributed by atoms with Gasteiger partial charge in [0.05, 0.1) is 18.4 Å². The number of ketones is 1. The van der Waals surface area contributed by atoms with Gasteiger partial charge < -0.3 is 15.0 Å². The van der Waals surface area contributed by atoms with Crippen LogP contribution in [-0.2, 0) is 20.9 Å². The van der Waals surface area contributed by atoms with Crippen LogP contribution in [0.3, 0.4) is 0 Å². The Kier molecular flexibility index (Phi) is 7.06. The largest absolute Gasteiger partial charge is 0.497 e. The molecule has 3 amide bonds. The summed E-state index contributed by atoms with van der Waals surface area (Å²) in [6.07, 6.45) is 0. The Labute approximate surface area is 213 Å². The lowest BCUT2D eigenvalue weighted by molar-refractivity contribution is -0.143. The number of carbonyl (C=O) groups excluding carboxylic acids is 4. The molecule has 1 aliphatic rings. The number of hydrogen-bond acceptors (Lipinski definition) is 5. The smallest absolute Gasteiger partial charge is 0.299 e. The first-order chi connectivity index (χ1) is 17.6. The van der Waals surface area contributed by atoms with Gasteiger partial charge in [0.1, 0.15) is 23.7 Å². The van der Waals surface area contributed by atoms with Crippen LogP contribution in [0.5, 0.6) is 5.75 Å². The van der Waals surface area contributed by atoms with Gasteiger partial charge in [-0.15, -0.1) is 0 Å². The number of nitrogens with zero attached hydrogens (tertiary/aromatic N) is 2. The van der Waals surface area contributed by atoms with E-state index in [4.69, 9.17) is 4.74 Å². The molecule has 0 atom stereocenters. The number of anilines is 2. The van der Waals surface area contributed by atoms with Crippen molar-refractivity contribution in [3.63, 3.8) is 0 Å². The lowest BCUT2D eigenvalue weighted by atomic mass is 9.99. The molecule has 0 bridgehead atoms. The fraction of sp³-hybridized carbons (Fsp3) is 0.214. The standard InChI is InChI=1S/C28H26FN3O5/c1-28(2,27(36)30-20-12-14-21(37-3)15-13-20)32(16-18-8-10-19(29)11-9-18)24(33)17-31-23-7-5-4-6-22(23)25(34)26(31)35/h4-15H,16-17H2,1-3H3,(H,30,36). The fourth-order valence-electron chi connectivity index (χ4n) is 4.08. The molecule has 37 heavy (non-hydrogen) atoms. The average Bonchev–Trinajstić information content (AvgIpc) is 3.13. The van der Waals surface area contributed by atoms with Gasteiger partial charge in [-0.05, 0) is 67.9 Å². The van der Waals surface area contributed by atoms with Crippen molar-refractivity contribution < 1.29 is 28.3 Å². The van der Waals surface area contributed by atoms with E-state index in [0.29, 0.717) is 22.7 Å². The highest BCUT2D eigenvalue weighted by atomic mass is 19.1. The van der Waals surface area contributed by atoms with Gasteiger partial charge >= 0.3 is 0 Å². The number of Topliss-reactive ketones (excluding diaryl/α,β-unsaturated/α-hetero) is 1. The van der Waals surface area contributed by atoms with Crippen molar-refractivity contribution in [2.45, 2.75) is 25.9 Å². The van der Waals surface area contributed by atoms with Crippen molar-refractivity contribution in [3.8, 4) is 5.75 Å². The third kappa shape index (κ3) is 5.20. The van der Waals surface area contributed by atoms with E-state index in [0.717, 1.165) is 4.90 Å². The molecule has 9 heteroatoms. The van der Waals surface area contributed by atoms with Crippen LogP contribution in [-0.4, -0.2) is 47.6 Å². The molecule has 1 aliphatic heterocycles. The third-order valence-corrected chi connectivity index (χ3v) is 6.31. The summed E-state index contributed by atoms with van der Waals surface area (Å²) in [5.74, 6) is -2.34. The Morgan fingerprint density at radius 1 is 0.973 bits per heavy atom. The normalized spacial score (nSPS) is 12.8. The number of nitrogens with one attached hydrogen (secondary N) is 1. The first kappa shape index (κ1) is 25.6. The number of carbonyl (C=O) groups is 4. The quantitative estimate of drug-likeness (QED) is 0.472. The average molecular weight is 504 g/mol. The fourth-order valence-corrected chi connectivity index (χ4v) is 4.08. The van der Waals surface area contributed by atoms with Gasteiger partial charge in [-0.25, -0.2) is 4.39 Å². The maximum absolute atomic E-state index is 13.7. The van der Waals surface area contributed by atoms with Crippen LogP contribution in [0, 0.1) is 5.82 Å². The third-order valence-electron chi connectivity index (χ3n) is 6.31. The van der Waals surface area contributed by atoms with Gasteiger partial charge in [0.15, 0.2) is 0 Å². The second-order valence-electron chi connectivity index (χ2n) is 9.09. The number of methoxy groups -OCH3 is 1. The number of rotatable bonds is 8. The predicted molar refractivity (Wildman–Crippen MR) is 136 cm³/mol. The van der Waals surface area contributed by atoms with Gasteiger partial charge in [0, 0.05) is 12.2 Å². The van der Waals surface area contributed by atoms with Crippen molar-refractivity contribution in [1.29, 1.82) is 0 Å². The summed E-state index contributed by atoms with van der Waals surface area (Å²) >= 11 is 0. The van der Waals surface area contributed by atoms with E-state index in [-0.39, 0.29) is 12.1 Å². The topological polar surface area (TPSA) is 96.0 Å². The maximum Gasteiger partial charge on any atom is 0.299 e. The second kappa shape index (κ2) is 10.2. The van der Waals surface area contributed by atoms with Gasteiger partial charge in [-0.1, -0.05) is 24.3 Å². The Bertz CT molecular complexity index is 1350. The van der Waals surface area contributed by atoms with Crippen LogP contribution < -0.4 is 15.0 Å². The number of hydrogen-bond donors (Lipinski definition) is 1. The number of amides is 3. The van der Waals surface area contributed by atoms with Crippen molar-refractivity contribution in [3.05, 3.63) is 89.7 Å². The monoisotopic (exact) mass is 503 g/mol. The summed E-state index contributed by atoms with van der Waals surface area (Å²) in [7, 11) is 1.53. The van der Waals surface area contributed by atoms with E-state index >= 15 is 0 Å². The minimum absolute atomic E-state index is 0.0280. The molecule has 0 aromatic heterocycles. The van der Waals surface area contributed by atoms with E-state index in [1.807, 2.05) is 0 Å². The molecule has 0 fully saturated rings. The van der Waals surface area contributed by atoms with Crippen molar-refractivity contribution in [2.75, 3.05) is 23.9 Å². The molecule has 0 saturated heterocycles. The summed E-state index contributed by atoms with van der Waals surface area (Å²) < 4.78 is 18.6. The highest BCUT2D eigenvalue weighted by molar-refractivity contribution is 6.52. The van der Waals surface area contributed by atoms with Crippen LogP contribution >= 0.6 is 0 Å². The summed E-state index contributed by atoms with van der Waals surface area (Å²) in [5, 5.41) is 2.81. The van der Waals surface area contributed by atoms with E-state index in [2.05, 4.69) is 5.32 Å². The van der Waals surface area contributed by atoms with E-state index in [1.165, 1.54) is 42.3 Å². The second-order valence-corrected chi connectivity index (χ2v) is 9.09. The predicted octanol–water partition coefficient (Wildman–Crippen LogP) is 3.81. The van der Waals surface area contributed by atoms with Gasteiger partial charge in [0.2, 0.25) is 11.8 Å². The number of ether oxygens (including phenoxy) is 1. The van der Waals surface area contributed by atoms with Crippen molar-refractivity contribution in [1.82, 2.24) is 4.90 Å². The molecule has 190 valence electrons. The molecule has 0 unspecified atom stereocenters. The maximum atomic E-state index is 13.7. The van der Waals surface area contributed by atoms with Gasteiger partial charge in [0.25, 0.3) is 11.7 Å². The molecule has 3 aromatic carbocycles. The summed E-state index contributed by atoms with van der Waals surface area (Å²) in [6.45, 7) is 2.69. The van der Waals surface area contributed by atoms with E-state index in [9.17, 15) is 23.6 Å². The number of fused-ring (bicyclic) bond motifs is 1. The lowest BCUT2D eigenvalue weighted by Crippen LogP contribution is -2.57. The zero-order chi connectivity index (χ0) is 26.7. The Balaban J connectivity index is 1.62.